The highest BCUT2D eigenvalue weighted by Gasteiger charge is 2.11. The van der Waals surface area contributed by atoms with Crippen LogP contribution in [0.15, 0.2) is 69.6 Å². The Morgan fingerprint density at radius 2 is 1.62 bits per heavy atom. The zero-order valence-corrected chi connectivity index (χ0v) is 17.5. The van der Waals surface area contributed by atoms with E-state index in [0.29, 0.717) is 22.9 Å². The lowest BCUT2D eigenvalue weighted by molar-refractivity contribution is 0.296. The number of hydrogen-bond acceptors (Lipinski definition) is 2. The van der Waals surface area contributed by atoms with E-state index in [0.717, 1.165) is 20.2 Å². The van der Waals surface area contributed by atoms with Crippen molar-refractivity contribution >= 4 is 49.1 Å². The molecular weight excluding hydrogens is 484 g/mol. The van der Waals surface area contributed by atoms with Crippen LogP contribution < -0.4 is 10.1 Å². The van der Waals surface area contributed by atoms with E-state index in [4.69, 9.17) is 16.3 Å². The molecular formula is C20H15Br2ClFNO. The molecule has 6 heteroatoms. The topological polar surface area (TPSA) is 21.3 Å². The van der Waals surface area contributed by atoms with E-state index in [-0.39, 0.29) is 12.4 Å². The fourth-order valence-electron chi connectivity index (χ4n) is 2.42. The Morgan fingerprint density at radius 3 is 2.31 bits per heavy atom. The van der Waals surface area contributed by atoms with E-state index in [1.807, 2.05) is 36.4 Å². The normalized spacial score (nSPS) is 10.6. The first-order valence-corrected chi connectivity index (χ1v) is 9.83. The zero-order valence-electron chi connectivity index (χ0n) is 13.6. The molecule has 26 heavy (non-hydrogen) atoms. The minimum absolute atomic E-state index is 0.154. The first kappa shape index (κ1) is 19.2. The van der Waals surface area contributed by atoms with Gasteiger partial charge in [-0.15, -0.1) is 0 Å². The number of ether oxygens (including phenoxy) is 1. The van der Waals surface area contributed by atoms with E-state index in [2.05, 4.69) is 37.2 Å². The summed E-state index contributed by atoms with van der Waals surface area (Å²) in [7, 11) is 0. The molecule has 3 rings (SSSR count). The Morgan fingerprint density at radius 1 is 0.962 bits per heavy atom. The van der Waals surface area contributed by atoms with Crippen molar-refractivity contribution in [3.63, 3.8) is 0 Å². The highest BCUT2D eigenvalue weighted by molar-refractivity contribution is 9.11. The number of anilines is 1. The lowest BCUT2D eigenvalue weighted by Crippen LogP contribution is -2.02. The number of benzene rings is 3. The first-order chi connectivity index (χ1) is 12.5. The number of nitrogens with one attached hydrogen (secondary N) is 1. The molecule has 0 aliphatic carbocycles. The van der Waals surface area contributed by atoms with Gasteiger partial charge in [0, 0.05) is 12.1 Å². The maximum absolute atomic E-state index is 13.7. The van der Waals surface area contributed by atoms with Crippen molar-refractivity contribution < 1.29 is 9.13 Å². The SMILES string of the molecule is Fc1ccccc1COc1c(Br)cc(CNc2ccccc2Cl)cc1Br. The van der Waals surface area contributed by atoms with Crippen molar-refractivity contribution in [3.8, 4) is 5.75 Å². The van der Waals surface area contributed by atoms with Gasteiger partial charge >= 0.3 is 0 Å². The largest absolute Gasteiger partial charge is 0.486 e. The van der Waals surface area contributed by atoms with Gasteiger partial charge < -0.3 is 10.1 Å². The van der Waals surface area contributed by atoms with Crippen molar-refractivity contribution in [1.29, 1.82) is 0 Å². The van der Waals surface area contributed by atoms with Gasteiger partial charge in [0.15, 0.2) is 0 Å². The summed E-state index contributed by atoms with van der Waals surface area (Å²) in [5.41, 5.74) is 2.43. The van der Waals surface area contributed by atoms with Gasteiger partial charge in [0.05, 0.1) is 19.7 Å². The van der Waals surface area contributed by atoms with Gasteiger partial charge in [0.2, 0.25) is 0 Å². The standard InChI is InChI=1S/C20H15Br2ClFNO/c21-15-9-13(11-25-19-8-4-2-6-17(19)23)10-16(22)20(15)26-12-14-5-1-3-7-18(14)24/h1-10,25H,11-12H2. The van der Waals surface area contributed by atoms with E-state index >= 15 is 0 Å². The van der Waals surface area contributed by atoms with Crippen LogP contribution in [0.1, 0.15) is 11.1 Å². The van der Waals surface area contributed by atoms with Crippen molar-refractivity contribution in [2.24, 2.45) is 0 Å². The molecule has 0 unspecified atom stereocenters. The van der Waals surface area contributed by atoms with Crippen LogP contribution in [0.4, 0.5) is 10.1 Å². The molecule has 3 aromatic carbocycles. The van der Waals surface area contributed by atoms with Crippen LogP contribution >= 0.6 is 43.5 Å². The molecule has 1 N–H and O–H groups in total. The predicted molar refractivity (Wildman–Crippen MR) is 111 cm³/mol. The van der Waals surface area contributed by atoms with E-state index in [1.54, 1.807) is 18.2 Å². The predicted octanol–water partition coefficient (Wildman–Crippen LogP) is 7.20. The van der Waals surface area contributed by atoms with Gasteiger partial charge in [-0.3, -0.25) is 0 Å². The molecule has 0 aromatic heterocycles. The summed E-state index contributed by atoms with van der Waals surface area (Å²) in [5.74, 6) is 0.357. The lowest BCUT2D eigenvalue weighted by atomic mass is 10.2. The Labute approximate surface area is 173 Å². The monoisotopic (exact) mass is 497 g/mol. The van der Waals surface area contributed by atoms with Crippen molar-refractivity contribution in [2.75, 3.05) is 5.32 Å². The first-order valence-electron chi connectivity index (χ1n) is 7.87. The number of rotatable bonds is 6. The van der Waals surface area contributed by atoms with Gasteiger partial charge in [-0.2, -0.15) is 0 Å². The second-order valence-corrected chi connectivity index (χ2v) is 7.72. The molecule has 0 bridgehead atoms. The average Bonchev–Trinajstić information content (AvgIpc) is 2.62. The molecule has 0 aliphatic rings. The summed E-state index contributed by atoms with van der Waals surface area (Å²) in [6.45, 7) is 0.760. The van der Waals surface area contributed by atoms with Crippen LogP contribution in [0.2, 0.25) is 5.02 Å². The summed E-state index contributed by atoms with van der Waals surface area (Å²) in [5, 5.41) is 3.98. The molecule has 0 saturated carbocycles. The third-order valence-corrected chi connectivity index (χ3v) is 5.25. The van der Waals surface area contributed by atoms with Crippen LogP contribution in [0.3, 0.4) is 0 Å². The van der Waals surface area contributed by atoms with Crippen LogP contribution in [0.5, 0.6) is 5.75 Å². The smallest absolute Gasteiger partial charge is 0.148 e. The minimum atomic E-state index is -0.277. The highest BCUT2D eigenvalue weighted by Crippen LogP contribution is 2.36. The van der Waals surface area contributed by atoms with E-state index in [9.17, 15) is 4.39 Å². The molecule has 0 radical (unpaired) electrons. The summed E-state index contributed by atoms with van der Waals surface area (Å²) in [6.07, 6.45) is 0. The van der Waals surface area contributed by atoms with Gasteiger partial charge in [-0.1, -0.05) is 41.9 Å². The van der Waals surface area contributed by atoms with Gasteiger partial charge in [0.1, 0.15) is 18.2 Å². The van der Waals surface area contributed by atoms with Gasteiger partial charge in [-0.25, -0.2) is 4.39 Å². The number of para-hydroxylation sites is 1. The summed E-state index contributed by atoms with van der Waals surface area (Å²) in [4.78, 5) is 0. The third kappa shape index (κ3) is 4.78. The minimum Gasteiger partial charge on any atom is -0.486 e. The Hall–Kier alpha value is -1.56. The maximum atomic E-state index is 13.7. The molecule has 3 aromatic rings. The second kappa shape index (κ2) is 8.89. The summed E-state index contributed by atoms with van der Waals surface area (Å²) < 4.78 is 21.1. The fourth-order valence-corrected chi connectivity index (χ4v) is 4.13. The second-order valence-electron chi connectivity index (χ2n) is 5.60. The molecule has 134 valence electrons. The average molecular weight is 500 g/mol. The molecule has 0 atom stereocenters. The van der Waals surface area contributed by atoms with Crippen molar-refractivity contribution in [3.05, 3.63) is 91.6 Å². The fraction of sp³-hybridized carbons (Fsp3) is 0.100. The molecule has 0 saturated heterocycles. The maximum Gasteiger partial charge on any atom is 0.148 e. The van der Waals surface area contributed by atoms with Crippen LogP contribution in [-0.4, -0.2) is 0 Å². The third-order valence-electron chi connectivity index (χ3n) is 3.74. The van der Waals surface area contributed by atoms with Crippen molar-refractivity contribution in [2.45, 2.75) is 13.2 Å². The van der Waals surface area contributed by atoms with Crippen LogP contribution in [0.25, 0.3) is 0 Å². The zero-order chi connectivity index (χ0) is 18.5. The number of halogens is 4. The quantitative estimate of drug-likeness (QED) is 0.387. The number of hydrogen-bond donors (Lipinski definition) is 1. The molecule has 2 nitrogen and oxygen atoms in total. The Kier molecular flexibility index (Phi) is 6.57. The lowest BCUT2D eigenvalue weighted by Gasteiger charge is -2.14. The van der Waals surface area contributed by atoms with Gasteiger partial charge in [0.25, 0.3) is 0 Å². The van der Waals surface area contributed by atoms with E-state index < -0.39 is 0 Å². The molecule has 0 spiro atoms. The summed E-state index contributed by atoms with van der Waals surface area (Å²) in [6, 6.07) is 18.1. The van der Waals surface area contributed by atoms with Crippen LogP contribution in [-0.2, 0) is 13.2 Å². The molecule has 0 fully saturated rings. The summed E-state index contributed by atoms with van der Waals surface area (Å²) >= 11 is 13.2. The van der Waals surface area contributed by atoms with Crippen molar-refractivity contribution in [1.82, 2.24) is 0 Å². The molecule has 0 amide bonds. The van der Waals surface area contributed by atoms with Crippen LogP contribution in [0, 0.1) is 5.82 Å². The highest BCUT2D eigenvalue weighted by atomic mass is 79.9. The molecule has 0 aliphatic heterocycles. The Balaban J connectivity index is 1.70. The van der Waals surface area contributed by atoms with E-state index in [1.165, 1.54) is 6.07 Å². The van der Waals surface area contributed by atoms with Gasteiger partial charge in [-0.05, 0) is 67.8 Å². The Bertz CT molecular complexity index is 897. The molecule has 0 heterocycles.